The molecule has 0 saturated carbocycles. The zero-order valence-electron chi connectivity index (χ0n) is 9.95. The van der Waals surface area contributed by atoms with E-state index in [4.69, 9.17) is 9.84 Å². The Balaban J connectivity index is 2.54. The number of carboxylic acids is 1. The number of aliphatic carboxylic acids is 1. The normalized spacial score (nSPS) is 28.4. The first-order chi connectivity index (χ1) is 7.37. The molecule has 0 spiro atoms. The summed E-state index contributed by atoms with van der Waals surface area (Å²) in [5.41, 5.74) is -0.785. The maximum Gasteiger partial charge on any atom is 0.308 e. The van der Waals surface area contributed by atoms with E-state index in [9.17, 15) is 9.59 Å². The summed E-state index contributed by atoms with van der Waals surface area (Å²) in [5, 5.41) is 11.5. The fraction of sp³-hybridized carbons (Fsp3) is 0.818. The van der Waals surface area contributed by atoms with Crippen molar-refractivity contribution in [2.75, 3.05) is 6.61 Å². The topological polar surface area (TPSA) is 75.6 Å². The van der Waals surface area contributed by atoms with Gasteiger partial charge in [-0.3, -0.25) is 9.59 Å². The number of carbonyl (C=O) groups is 2. The SMILES string of the molecule is CC(NC(=O)C1(C)CCCO1)C(C)C(=O)O. The number of carbonyl (C=O) groups excluding carboxylic acids is 1. The molecule has 1 fully saturated rings. The third-order valence-electron chi connectivity index (χ3n) is 3.20. The number of nitrogens with one attached hydrogen (secondary N) is 1. The van der Waals surface area contributed by atoms with Crippen LogP contribution in [0, 0.1) is 5.92 Å². The van der Waals surface area contributed by atoms with Crippen LogP contribution in [0.1, 0.15) is 33.6 Å². The molecule has 1 amide bonds. The molecule has 92 valence electrons. The van der Waals surface area contributed by atoms with Crippen LogP contribution >= 0.6 is 0 Å². The largest absolute Gasteiger partial charge is 0.481 e. The van der Waals surface area contributed by atoms with E-state index >= 15 is 0 Å². The van der Waals surface area contributed by atoms with E-state index in [1.165, 1.54) is 0 Å². The Kier molecular flexibility index (Phi) is 3.91. The zero-order chi connectivity index (χ0) is 12.3. The minimum Gasteiger partial charge on any atom is -0.481 e. The van der Waals surface area contributed by atoms with Gasteiger partial charge in [-0.15, -0.1) is 0 Å². The van der Waals surface area contributed by atoms with E-state index < -0.39 is 23.5 Å². The highest BCUT2D eigenvalue weighted by atomic mass is 16.5. The molecular formula is C11H19NO4. The standard InChI is InChI=1S/C11H19NO4/c1-7(9(13)14)8(2)12-10(15)11(3)5-4-6-16-11/h7-8H,4-6H2,1-3H3,(H,12,15)(H,13,14). The number of hydrogen-bond acceptors (Lipinski definition) is 3. The van der Waals surface area contributed by atoms with Crippen LogP contribution in [0.2, 0.25) is 0 Å². The van der Waals surface area contributed by atoms with E-state index in [1.54, 1.807) is 20.8 Å². The summed E-state index contributed by atoms with van der Waals surface area (Å²) in [6, 6.07) is -0.397. The van der Waals surface area contributed by atoms with Gasteiger partial charge in [-0.25, -0.2) is 0 Å². The Morgan fingerprint density at radius 3 is 2.50 bits per heavy atom. The molecule has 1 aliphatic heterocycles. The molecule has 0 aromatic heterocycles. The van der Waals surface area contributed by atoms with Gasteiger partial charge in [0, 0.05) is 12.6 Å². The van der Waals surface area contributed by atoms with E-state index in [0.717, 1.165) is 6.42 Å². The highest BCUT2D eigenvalue weighted by molar-refractivity contribution is 5.85. The average molecular weight is 229 g/mol. The smallest absolute Gasteiger partial charge is 0.308 e. The van der Waals surface area contributed by atoms with Gasteiger partial charge in [-0.05, 0) is 33.6 Å². The lowest BCUT2D eigenvalue weighted by Gasteiger charge is -2.26. The average Bonchev–Trinajstić information content (AvgIpc) is 2.65. The summed E-state index contributed by atoms with van der Waals surface area (Å²) in [6.07, 6.45) is 1.56. The zero-order valence-corrected chi connectivity index (χ0v) is 9.95. The number of hydrogen-bond donors (Lipinski definition) is 2. The van der Waals surface area contributed by atoms with Crippen LogP contribution in [0.3, 0.4) is 0 Å². The van der Waals surface area contributed by atoms with E-state index in [1.807, 2.05) is 0 Å². The van der Waals surface area contributed by atoms with Crippen molar-refractivity contribution in [1.82, 2.24) is 5.32 Å². The molecule has 3 atom stereocenters. The van der Waals surface area contributed by atoms with Gasteiger partial charge in [-0.1, -0.05) is 0 Å². The van der Waals surface area contributed by atoms with Crippen LogP contribution < -0.4 is 5.32 Å². The third kappa shape index (κ3) is 2.72. The maximum atomic E-state index is 11.9. The summed E-state index contributed by atoms with van der Waals surface area (Å²) in [4.78, 5) is 22.6. The number of amides is 1. The number of ether oxygens (including phenoxy) is 1. The summed E-state index contributed by atoms with van der Waals surface area (Å²) < 4.78 is 5.38. The van der Waals surface area contributed by atoms with E-state index in [-0.39, 0.29) is 5.91 Å². The molecule has 0 aliphatic carbocycles. The van der Waals surface area contributed by atoms with Gasteiger partial charge in [-0.2, -0.15) is 0 Å². The molecule has 0 aromatic carbocycles. The molecule has 0 radical (unpaired) electrons. The molecule has 0 bridgehead atoms. The number of carboxylic acid groups (broad SMARTS) is 1. The Bertz CT molecular complexity index is 284. The minimum atomic E-state index is -0.912. The van der Waals surface area contributed by atoms with Gasteiger partial charge in [0.25, 0.3) is 5.91 Å². The Hall–Kier alpha value is -1.10. The molecule has 2 N–H and O–H groups in total. The van der Waals surface area contributed by atoms with Gasteiger partial charge >= 0.3 is 5.97 Å². The van der Waals surface area contributed by atoms with Gasteiger partial charge < -0.3 is 15.2 Å². The Morgan fingerprint density at radius 2 is 2.06 bits per heavy atom. The van der Waals surface area contributed by atoms with Crippen molar-refractivity contribution in [3.05, 3.63) is 0 Å². The van der Waals surface area contributed by atoms with Crippen molar-refractivity contribution in [3.63, 3.8) is 0 Å². The molecule has 5 nitrogen and oxygen atoms in total. The van der Waals surface area contributed by atoms with Crippen LogP contribution in [0.5, 0.6) is 0 Å². The fourth-order valence-electron chi connectivity index (χ4n) is 1.66. The monoisotopic (exact) mass is 229 g/mol. The maximum absolute atomic E-state index is 11.9. The second-order valence-corrected chi connectivity index (χ2v) is 4.57. The molecule has 16 heavy (non-hydrogen) atoms. The van der Waals surface area contributed by atoms with Crippen molar-refractivity contribution >= 4 is 11.9 Å². The Morgan fingerprint density at radius 1 is 1.44 bits per heavy atom. The van der Waals surface area contributed by atoms with Gasteiger partial charge in [0.1, 0.15) is 5.60 Å². The molecule has 3 unspecified atom stereocenters. The van der Waals surface area contributed by atoms with Crippen LogP contribution in [0.4, 0.5) is 0 Å². The summed E-state index contributed by atoms with van der Waals surface area (Å²) in [6.45, 7) is 5.60. The molecule has 1 saturated heterocycles. The molecule has 0 aromatic rings. The fourth-order valence-corrected chi connectivity index (χ4v) is 1.66. The molecule has 5 heteroatoms. The van der Waals surface area contributed by atoms with E-state index in [2.05, 4.69) is 5.32 Å². The lowest BCUT2D eigenvalue weighted by molar-refractivity contribution is -0.144. The van der Waals surface area contributed by atoms with Crippen LogP contribution in [-0.2, 0) is 14.3 Å². The Labute approximate surface area is 95.2 Å². The second-order valence-electron chi connectivity index (χ2n) is 4.57. The van der Waals surface area contributed by atoms with Crippen molar-refractivity contribution in [3.8, 4) is 0 Å². The lowest BCUT2D eigenvalue weighted by atomic mass is 9.99. The molecule has 1 rings (SSSR count). The van der Waals surface area contributed by atoms with Gasteiger partial charge in [0.15, 0.2) is 0 Å². The molecule has 1 heterocycles. The predicted molar refractivity (Wildman–Crippen MR) is 58.0 cm³/mol. The van der Waals surface area contributed by atoms with Crippen molar-refractivity contribution in [1.29, 1.82) is 0 Å². The number of rotatable bonds is 4. The first-order valence-electron chi connectivity index (χ1n) is 5.54. The predicted octanol–water partition coefficient (Wildman–Crippen LogP) is 0.781. The highest BCUT2D eigenvalue weighted by Crippen LogP contribution is 2.25. The van der Waals surface area contributed by atoms with Crippen molar-refractivity contribution in [2.24, 2.45) is 5.92 Å². The highest BCUT2D eigenvalue weighted by Gasteiger charge is 2.38. The first kappa shape index (κ1) is 13.0. The summed E-state index contributed by atoms with van der Waals surface area (Å²) in [5.74, 6) is -1.73. The third-order valence-corrected chi connectivity index (χ3v) is 3.20. The lowest BCUT2D eigenvalue weighted by Crippen LogP contribution is -2.50. The molecule has 1 aliphatic rings. The minimum absolute atomic E-state index is 0.217. The summed E-state index contributed by atoms with van der Waals surface area (Å²) in [7, 11) is 0. The van der Waals surface area contributed by atoms with Crippen LogP contribution in [-0.4, -0.2) is 35.2 Å². The second kappa shape index (κ2) is 4.82. The van der Waals surface area contributed by atoms with Crippen molar-refractivity contribution < 1.29 is 19.4 Å². The summed E-state index contributed by atoms with van der Waals surface area (Å²) >= 11 is 0. The van der Waals surface area contributed by atoms with Crippen LogP contribution in [0.25, 0.3) is 0 Å². The van der Waals surface area contributed by atoms with Gasteiger partial charge in [0.05, 0.1) is 5.92 Å². The van der Waals surface area contributed by atoms with Crippen molar-refractivity contribution in [2.45, 2.75) is 45.3 Å². The quantitative estimate of drug-likeness (QED) is 0.747. The van der Waals surface area contributed by atoms with Crippen LogP contribution in [0.15, 0.2) is 0 Å². The first-order valence-corrected chi connectivity index (χ1v) is 5.54. The van der Waals surface area contributed by atoms with E-state index in [0.29, 0.717) is 13.0 Å². The van der Waals surface area contributed by atoms with Gasteiger partial charge in [0.2, 0.25) is 0 Å². The molecular weight excluding hydrogens is 210 g/mol.